The Kier molecular flexibility index (Phi) is 4.93. The second-order valence-corrected chi connectivity index (χ2v) is 8.15. The van der Waals surface area contributed by atoms with Crippen LogP contribution in [-0.2, 0) is 11.3 Å². The molecule has 0 aromatic carbocycles. The first kappa shape index (κ1) is 17.2. The topological polar surface area (TPSA) is 67.6 Å². The van der Waals surface area contributed by atoms with Crippen molar-refractivity contribution in [3.8, 4) is 0 Å². The van der Waals surface area contributed by atoms with Gasteiger partial charge in [-0.15, -0.1) is 0 Å². The van der Waals surface area contributed by atoms with Crippen LogP contribution in [0, 0.1) is 5.92 Å². The smallest absolute Gasteiger partial charge is 0.266 e. The molecular weight excluding hydrogens is 318 g/mol. The number of β-amino-alcohol motifs (C(OH)–C–C–N with tert-alkyl or cyclic N) is 1. The largest absolute Gasteiger partial charge is 0.386 e. The molecule has 1 N–H and O–H groups in total. The van der Waals surface area contributed by atoms with Crippen molar-refractivity contribution in [2.75, 3.05) is 32.8 Å². The Balaban J connectivity index is 1.30. The Morgan fingerprint density at radius 3 is 2.72 bits per heavy atom. The third-order valence-electron chi connectivity index (χ3n) is 5.84. The molecule has 1 unspecified atom stereocenters. The van der Waals surface area contributed by atoms with Crippen LogP contribution in [0.25, 0.3) is 0 Å². The summed E-state index contributed by atoms with van der Waals surface area (Å²) in [6.45, 7) is 4.61. The summed E-state index contributed by atoms with van der Waals surface area (Å²) >= 11 is 0. The van der Waals surface area contributed by atoms with Crippen LogP contribution in [0.4, 0.5) is 0 Å². The van der Waals surface area contributed by atoms with E-state index in [4.69, 9.17) is 4.74 Å². The number of nitrogens with zero attached hydrogens (tertiary/aromatic N) is 3. The summed E-state index contributed by atoms with van der Waals surface area (Å²) in [6.07, 6.45) is 6.29. The van der Waals surface area contributed by atoms with Gasteiger partial charge in [0.05, 0.1) is 12.3 Å². The summed E-state index contributed by atoms with van der Waals surface area (Å²) in [7, 11) is 0. The number of hydrogen-bond acceptors (Lipinski definition) is 5. The molecule has 0 amide bonds. The van der Waals surface area contributed by atoms with Gasteiger partial charge in [0.25, 0.3) is 5.56 Å². The number of rotatable bonds is 5. The minimum atomic E-state index is -0.678. The molecule has 0 spiro atoms. The third-order valence-corrected chi connectivity index (χ3v) is 5.84. The molecule has 0 radical (unpaired) electrons. The zero-order chi connectivity index (χ0) is 17.3. The van der Waals surface area contributed by atoms with Crippen LogP contribution in [0.1, 0.15) is 50.1 Å². The molecule has 3 fully saturated rings. The van der Waals surface area contributed by atoms with Gasteiger partial charge in [0, 0.05) is 31.7 Å². The Labute approximate surface area is 148 Å². The molecule has 1 atom stereocenters. The van der Waals surface area contributed by atoms with Gasteiger partial charge in [-0.05, 0) is 63.6 Å². The molecule has 4 rings (SSSR count). The second-order valence-electron chi connectivity index (χ2n) is 8.15. The summed E-state index contributed by atoms with van der Waals surface area (Å²) in [5, 5.41) is 15.2. The molecule has 25 heavy (non-hydrogen) atoms. The normalized spacial score (nSPS) is 29.0. The number of ether oxygens (including phenoxy) is 1. The molecule has 2 saturated heterocycles. The quantitative estimate of drug-likeness (QED) is 0.871. The zero-order valence-electron chi connectivity index (χ0n) is 14.9. The van der Waals surface area contributed by atoms with Crippen LogP contribution in [-0.4, -0.2) is 58.2 Å². The monoisotopic (exact) mass is 347 g/mol. The summed E-state index contributed by atoms with van der Waals surface area (Å²) in [6, 6.07) is 3.57. The van der Waals surface area contributed by atoms with Crippen molar-refractivity contribution in [3.63, 3.8) is 0 Å². The SMILES string of the molecule is O=c1ccc(C2CC2)nn1CC1CCN(CC2(O)CCCOC2)CC1. The lowest BCUT2D eigenvalue weighted by atomic mass is 9.92. The van der Waals surface area contributed by atoms with E-state index in [1.165, 1.54) is 12.8 Å². The second kappa shape index (κ2) is 7.17. The van der Waals surface area contributed by atoms with E-state index in [9.17, 15) is 9.90 Å². The molecule has 138 valence electrons. The van der Waals surface area contributed by atoms with Crippen molar-refractivity contribution >= 4 is 0 Å². The molecule has 0 bridgehead atoms. The van der Waals surface area contributed by atoms with E-state index in [-0.39, 0.29) is 5.56 Å². The van der Waals surface area contributed by atoms with Gasteiger partial charge in [-0.25, -0.2) is 4.68 Å². The van der Waals surface area contributed by atoms with E-state index in [2.05, 4.69) is 10.00 Å². The fraction of sp³-hybridized carbons (Fsp3) is 0.789. The van der Waals surface area contributed by atoms with Crippen LogP contribution in [0.2, 0.25) is 0 Å². The van der Waals surface area contributed by atoms with Gasteiger partial charge in [-0.2, -0.15) is 5.10 Å². The molecule has 1 aromatic heterocycles. The Morgan fingerprint density at radius 1 is 1.24 bits per heavy atom. The summed E-state index contributed by atoms with van der Waals surface area (Å²) in [4.78, 5) is 14.4. The molecule has 3 aliphatic rings. The highest BCUT2D eigenvalue weighted by atomic mass is 16.5. The van der Waals surface area contributed by atoms with Crippen LogP contribution < -0.4 is 5.56 Å². The highest BCUT2D eigenvalue weighted by Crippen LogP contribution is 2.38. The van der Waals surface area contributed by atoms with E-state index in [1.807, 2.05) is 6.07 Å². The molecule has 3 heterocycles. The number of piperidine rings is 1. The van der Waals surface area contributed by atoms with Crippen molar-refractivity contribution < 1.29 is 9.84 Å². The van der Waals surface area contributed by atoms with E-state index in [1.54, 1.807) is 10.7 Å². The highest BCUT2D eigenvalue weighted by Gasteiger charge is 2.33. The van der Waals surface area contributed by atoms with Crippen LogP contribution in [0.5, 0.6) is 0 Å². The molecule has 1 aromatic rings. The standard InChI is InChI=1S/C19H29N3O3/c23-18-5-4-17(16-2-3-16)20-22(18)12-15-6-9-21(10-7-15)13-19(24)8-1-11-25-14-19/h4-5,15-16,24H,1-3,6-14H2. The van der Waals surface area contributed by atoms with Gasteiger partial charge in [-0.3, -0.25) is 4.79 Å². The summed E-state index contributed by atoms with van der Waals surface area (Å²) < 4.78 is 7.13. The average Bonchev–Trinajstić information content (AvgIpc) is 3.44. The van der Waals surface area contributed by atoms with Gasteiger partial charge in [0.2, 0.25) is 0 Å². The average molecular weight is 347 g/mol. The van der Waals surface area contributed by atoms with E-state index in [0.717, 1.165) is 57.6 Å². The maximum Gasteiger partial charge on any atom is 0.266 e. The Hall–Kier alpha value is -1.24. The Bertz CT molecular complexity index is 642. The molecule has 2 aliphatic heterocycles. The van der Waals surface area contributed by atoms with Crippen LogP contribution in [0.3, 0.4) is 0 Å². The lowest BCUT2D eigenvalue weighted by Crippen LogP contribution is -2.50. The molecule has 6 nitrogen and oxygen atoms in total. The third kappa shape index (κ3) is 4.30. The molecule has 1 saturated carbocycles. The van der Waals surface area contributed by atoms with Gasteiger partial charge < -0.3 is 14.7 Å². The molecule has 6 heteroatoms. The van der Waals surface area contributed by atoms with Gasteiger partial charge in [-0.1, -0.05) is 0 Å². The van der Waals surface area contributed by atoms with Crippen LogP contribution in [0.15, 0.2) is 16.9 Å². The van der Waals surface area contributed by atoms with Gasteiger partial charge >= 0.3 is 0 Å². The van der Waals surface area contributed by atoms with Crippen molar-refractivity contribution in [2.45, 2.75) is 56.6 Å². The summed E-state index contributed by atoms with van der Waals surface area (Å²) in [5.74, 6) is 1.07. The van der Waals surface area contributed by atoms with Crippen molar-refractivity contribution in [3.05, 3.63) is 28.2 Å². The first-order valence-corrected chi connectivity index (χ1v) is 9.72. The molecule has 1 aliphatic carbocycles. The predicted molar refractivity (Wildman–Crippen MR) is 94.6 cm³/mol. The number of aromatic nitrogens is 2. The number of likely N-dealkylation sites (tertiary alicyclic amines) is 1. The van der Waals surface area contributed by atoms with E-state index in [0.29, 0.717) is 25.0 Å². The lowest BCUT2D eigenvalue weighted by Gasteiger charge is -2.39. The van der Waals surface area contributed by atoms with Crippen LogP contribution >= 0.6 is 0 Å². The zero-order valence-corrected chi connectivity index (χ0v) is 14.9. The number of aliphatic hydroxyl groups is 1. The van der Waals surface area contributed by atoms with Crippen molar-refractivity contribution in [1.29, 1.82) is 0 Å². The van der Waals surface area contributed by atoms with Gasteiger partial charge in [0.1, 0.15) is 5.60 Å². The van der Waals surface area contributed by atoms with E-state index >= 15 is 0 Å². The predicted octanol–water partition coefficient (Wildman–Crippen LogP) is 1.37. The van der Waals surface area contributed by atoms with Crippen molar-refractivity contribution in [2.24, 2.45) is 5.92 Å². The number of hydrogen-bond donors (Lipinski definition) is 1. The summed E-state index contributed by atoms with van der Waals surface area (Å²) in [5.41, 5.74) is 0.416. The first-order chi connectivity index (χ1) is 12.1. The fourth-order valence-corrected chi connectivity index (χ4v) is 4.14. The lowest BCUT2D eigenvalue weighted by molar-refractivity contribution is -0.103. The molecular formula is C19H29N3O3. The van der Waals surface area contributed by atoms with Gasteiger partial charge in [0.15, 0.2) is 0 Å². The minimum Gasteiger partial charge on any atom is -0.386 e. The first-order valence-electron chi connectivity index (χ1n) is 9.72. The minimum absolute atomic E-state index is 0.0143. The highest BCUT2D eigenvalue weighted by molar-refractivity contribution is 5.12. The fourth-order valence-electron chi connectivity index (χ4n) is 4.14. The Morgan fingerprint density at radius 2 is 2.04 bits per heavy atom. The maximum absolute atomic E-state index is 12.1. The maximum atomic E-state index is 12.1. The van der Waals surface area contributed by atoms with Crippen molar-refractivity contribution in [1.82, 2.24) is 14.7 Å². The van der Waals surface area contributed by atoms with E-state index < -0.39 is 5.60 Å².